The number of para-hydroxylation sites is 1. The predicted octanol–water partition coefficient (Wildman–Crippen LogP) is 3.79. The van der Waals surface area contributed by atoms with Crippen LogP contribution in [0.25, 0.3) is 0 Å². The topological polar surface area (TPSA) is 23.5 Å². The average molecular weight is 263 g/mol. The van der Waals surface area contributed by atoms with Gasteiger partial charge in [0.05, 0.1) is 17.5 Å². The summed E-state index contributed by atoms with van der Waals surface area (Å²) in [5.41, 5.74) is 1.05. The fourth-order valence-corrected chi connectivity index (χ4v) is 1.91. The Hall–Kier alpha value is -1.94. The summed E-state index contributed by atoms with van der Waals surface area (Å²) in [7, 11) is 1.60. The van der Waals surface area contributed by atoms with Crippen molar-refractivity contribution < 1.29 is 13.9 Å². The van der Waals surface area contributed by atoms with Crippen molar-refractivity contribution >= 4 is 11.4 Å². The number of rotatable bonds is 3. The van der Waals surface area contributed by atoms with Gasteiger partial charge in [-0.25, -0.2) is 8.78 Å². The van der Waals surface area contributed by atoms with Crippen molar-refractivity contribution in [1.29, 1.82) is 0 Å². The third-order valence-corrected chi connectivity index (χ3v) is 3.03. The van der Waals surface area contributed by atoms with Gasteiger partial charge in [-0.15, -0.1) is 0 Å². The molecule has 0 fully saturated rings. The maximum absolute atomic E-state index is 14.0. The second-order valence-corrected chi connectivity index (χ2v) is 4.40. The van der Waals surface area contributed by atoms with Crippen LogP contribution in [0, 0.1) is 11.6 Å². The van der Waals surface area contributed by atoms with Crippen LogP contribution in [0.4, 0.5) is 20.2 Å². The lowest BCUT2D eigenvalue weighted by Gasteiger charge is -2.21. The fraction of sp³-hybridized carbons (Fsp3) is 0.200. The summed E-state index contributed by atoms with van der Waals surface area (Å²) in [6.07, 6.45) is -0.734. The molecule has 100 valence electrons. The van der Waals surface area contributed by atoms with Crippen LogP contribution in [-0.2, 0) is 0 Å². The minimum Gasteiger partial charge on any atom is -0.389 e. The summed E-state index contributed by atoms with van der Waals surface area (Å²) in [4.78, 5) is 1.44. The van der Waals surface area contributed by atoms with Gasteiger partial charge in [0.2, 0.25) is 0 Å². The van der Waals surface area contributed by atoms with E-state index in [0.717, 1.165) is 0 Å². The van der Waals surface area contributed by atoms with Gasteiger partial charge in [0.25, 0.3) is 0 Å². The molecule has 0 spiro atoms. The third kappa shape index (κ3) is 2.74. The predicted molar refractivity (Wildman–Crippen MR) is 71.5 cm³/mol. The molecule has 2 aromatic carbocycles. The molecule has 0 saturated heterocycles. The Morgan fingerprint density at radius 1 is 1.00 bits per heavy atom. The van der Waals surface area contributed by atoms with Crippen molar-refractivity contribution in [3.8, 4) is 0 Å². The first-order valence-corrected chi connectivity index (χ1v) is 5.96. The summed E-state index contributed by atoms with van der Waals surface area (Å²) in [6, 6.07) is 10.6. The van der Waals surface area contributed by atoms with E-state index in [9.17, 15) is 13.9 Å². The highest BCUT2D eigenvalue weighted by atomic mass is 19.1. The number of hydrogen-bond donors (Lipinski definition) is 1. The first-order chi connectivity index (χ1) is 9.00. The quantitative estimate of drug-likeness (QED) is 0.910. The average Bonchev–Trinajstić information content (AvgIpc) is 2.38. The van der Waals surface area contributed by atoms with Crippen molar-refractivity contribution in [1.82, 2.24) is 0 Å². The van der Waals surface area contributed by atoms with E-state index in [1.807, 2.05) is 0 Å². The van der Waals surface area contributed by atoms with Crippen LogP contribution in [0.3, 0.4) is 0 Å². The lowest BCUT2D eigenvalue weighted by Crippen LogP contribution is -2.13. The van der Waals surface area contributed by atoms with E-state index in [0.29, 0.717) is 11.3 Å². The molecule has 2 aromatic rings. The molecule has 0 aromatic heterocycles. The first-order valence-electron chi connectivity index (χ1n) is 5.96. The Labute approximate surface area is 110 Å². The first kappa shape index (κ1) is 13.5. The minimum absolute atomic E-state index is 0.259. The molecule has 0 amide bonds. The van der Waals surface area contributed by atoms with E-state index in [-0.39, 0.29) is 5.69 Å². The number of aliphatic hydroxyl groups is 1. The zero-order valence-electron chi connectivity index (χ0n) is 10.8. The Kier molecular flexibility index (Phi) is 3.81. The van der Waals surface area contributed by atoms with Gasteiger partial charge in [-0.05, 0) is 36.8 Å². The molecule has 4 heteroatoms. The van der Waals surface area contributed by atoms with Crippen molar-refractivity contribution in [3.63, 3.8) is 0 Å². The van der Waals surface area contributed by atoms with E-state index in [1.54, 1.807) is 38.2 Å². The number of nitrogens with zero attached hydrogens (tertiary/aromatic N) is 1. The smallest absolute Gasteiger partial charge is 0.147 e. The van der Waals surface area contributed by atoms with Gasteiger partial charge in [-0.1, -0.05) is 18.2 Å². The fourth-order valence-electron chi connectivity index (χ4n) is 1.91. The Morgan fingerprint density at radius 2 is 1.63 bits per heavy atom. The van der Waals surface area contributed by atoms with Gasteiger partial charge in [-0.3, -0.25) is 0 Å². The van der Waals surface area contributed by atoms with Gasteiger partial charge < -0.3 is 10.0 Å². The monoisotopic (exact) mass is 263 g/mol. The Bertz CT molecular complexity index is 584. The highest BCUT2D eigenvalue weighted by Crippen LogP contribution is 2.29. The summed E-state index contributed by atoms with van der Waals surface area (Å²) in [5, 5.41) is 9.40. The van der Waals surface area contributed by atoms with Crippen molar-refractivity contribution in [2.24, 2.45) is 0 Å². The molecule has 0 saturated carbocycles. The maximum Gasteiger partial charge on any atom is 0.147 e. The van der Waals surface area contributed by atoms with E-state index in [1.165, 1.54) is 23.1 Å². The van der Waals surface area contributed by atoms with Gasteiger partial charge in [0.15, 0.2) is 0 Å². The molecule has 19 heavy (non-hydrogen) atoms. The molecule has 0 bridgehead atoms. The molecule has 2 rings (SSSR count). The van der Waals surface area contributed by atoms with E-state index < -0.39 is 17.7 Å². The molecule has 1 atom stereocenters. The number of halogens is 2. The molecule has 0 radical (unpaired) electrons. The second kappa shape index (κ2) is 5.36. The van der Waals surface area contributed by atoms with Gasteiger partial charge >= 0.3 is 0 Å². The van der Waals surface area contributed by atoms with Gasteiger partial charge in [0.1, 0.15) is 11.6 Å². The Balaban J connectivity index is 2.40. The second-order valence-electron chi connectivity index (χ2n) is 4.40. The lowest BCUT2D eigenvalue weighted by atomic mass is 10.1. The number of benzene rings is 2. The molecular weight excluding hydrogens is 248 g/mol. The van der Waals surface area contributed by atoms with Crippen LogP contribution >= 0.6 is 0 Å². The molecule has 0 aliphatic rings. The van der Waals surface area contributed by atoms with Gasteiger partial charge in [0, 0.05) is 7.05 Å². The molecule has 0 aliphatic heterocycles. The highest BCUT2D eigenvalue weighted by molar-refractivity contribution is 5.63. The summed E-state index contributed by atoms with van der Waals surface area (Å²) < 4.78 is 27.7. The molecule has 1 N–H and O–H groups in total. The molecule has 1 unspecified atom stereocenters. The SMILES string of the molecule is CC(O)c1ccc(N(C)c2ccccc2F)c(F)c1. The van der Waals surface area contributed by atoms with E-state index in [4.69, 9.17) is 0 Å². The van der Waals surface area contributed by atoms with Crippen molar-refractivity contribution in [2.75, 3.05) is 11.9 Å². The number of hydrogen-bond acceptors (Lipinski definition) is 2. The lowest BCUT2D eigenvalue weighted by molar-refractivity contribution is 0.199. The zero-order chi connectivity index (χ0) is 14.0. The number of anilines is 2. The molecule has 0 heterocycles. The van der Waals surface area contributed by atoms with Crippen LogP contribution in [0.5, 0.6) is 0 Å². The zero-order valence-corrected chi connectivity index (χ0v) is 10.8. The van der Waals surface area contributed by atoms with E-state index >= 15 is 0 Å². The summed E-state index contributed by atoms with van der Waals surface area (Å²) in [5.74, 6) is -0.909. The van der Waals surface area contributed by atoms with Crippen LogP contribution in [0.2, 0.25) is 0 Å². The minimum atomic E-state index is -0.734. The highest BCUT2D eigenvalue weighted by Gasteiger charge is 2.14. The van der Waals surface area contributed by atoms with Crippen molar-refractivity contribution in [2.45, 2.75) is 13.0 Å². The molecule has 2 nitrogen and oxygen atoms in total. The molecular formula is C15H15F2NO. The largest absolute Gasteiger partial charge is 0.389 e. The van der Waals surface area contributed by atoms with Crippen LogP contribution in [0.1, 0.15) is 18.6 Å². The third-order valence-electron chi connectivity index (χ3n) is 3.03. The van der Waals surface area contributed by atoms with Gasteiger partial charge in [-0.2, -0.15) is 0 Å². The number of aliphatic hydroxyl groups excluding tert-OH is 1. The van der Waals surface area contributed by atoms with E-state index in [2.05, 4.69) is 0 Å². The standard InChI is InChI=1S/C15H15F2NO/c1-10(19)11-7-8-15(13(17)9-11)18(2)14-6-4-3-5-12(14)16/h3-10,19H,1-2H3. The molecule has 0 aliphatic carbocycles. The Morgan fingerprint density at radius 3 is 2.21 bits per heavy atom. The normalized spacial score (nSPS) is 12.3. The van der Waals surface area contributed by atoms with Crippen molar-refractivity contribution in [3.05, 3.63) is 59.7 Å². The van der Waals surface area contributed by atoms with Crippen LogP contribution in [-0.4, -0.2) is 12.2 Å². The van der Waals surface area contributed by atoms with Crippen LogP contribution in [0.15, 0.2) is 42.5 Å². The van der Waals surface area contributed by atoms with Crippen LogP contribution < -0.4 is 4.90 Å². The maximum atomic E-state index is 14.0. The summed E-state index contributed by atoms with van der Waals surface area (Å²) in [6.45, 7) is 1.56. The summed E-state index contributed by atoms with van der Waals surface area (Å²) >= 11 is 0.